The van der Waals surface area contributed by atoms with Crippen molar-refractivity contribution in [2.75, 3.05) is 6.61 Å². The van der Waals surface area contributed by atoms with Crippen LogP contribution in [-0.2, 0) is 9.59 Å². The summed E-state index contributed by atoms with van der Waals surface area (Å²) in [4.78, 5) is 27.4. The zero-order valence-corrected chi connectivity index (χ0v) is 14.0. The highest BCUT2D eigenvalue weighted by molar-refractivity contribution is 5.98. The van der Waals surface area contributed by atoms with Crippen LogP contribution in [0, 0.1) is 0 Å². The minimum Gasteiger partial charge on any atom is -0.394 e. The molecule has 0 spiro atoms. The lowest BCUT2D eigenvalue weighted by Gasteiger charge is -2.18. The molecule has 25 heavy (non-hydrogen) atoms. The Balaban J connectivity index is 1.59. The topological polar surface area (TPSA) is 94.2 Å². The standard InChI is InChI=1S/C19H23N3O3/c23-12-17(19(25)21-14-5-1-2-6-14)22-18(24)10-9-13-11-20-16-8-4-3-7-15(13)16/h3-4,7-11,14,17,20,23H,1-2,5-6,12H2,(H,21,25)(H,22,24)/t17-/m0/s1. The number of fused-ring (bicyclic) bond motifs is 1. The molecule has 4 N–H and O–H groups in total. The van der Waals surface area contributed by atoms with Crippen LogP contribution in [0.3, 0.4) is 0 Å². The first-order chi connectivity index (χ1) is 12.2. The Bertz CT molecular complexity index is 775. The van der Waals surface area contributed by atoms with Gasteiger partial charge in [-0.1, -0.05) is 31.0 Å². The van der Waals surface area contributed by atoms with E-state index in [0.29, 0.717) is 0 Å². The van der Waals surface area contributed by atoms with Crippen LogP contribution in [0.15, 0.2) is 36.5 Å². The number of para-hydroxylation sites is 1. The van der Waals surface area contributed by atoms with E-state index in [1.807, 2.05) is 30.5 Å². The van der Waals surface area contributed by atoms with Gasteiger partial charge in [0.05, 0.1) is 6.61 Å². The maximum Gasteiger partial charge on any atom is 0.245 e. The van der Waals surface area contributed by atoms with Crippen LogP contribution in [0.25, 0.3) is 17.0 Å². The molecule has 1 fully saturated rings. The molecular formula is C19H23N3O3. The molecule has 0 aliphatic heterocycles. The second-order valence-electron chi connectivity index (χ2n) is 6.36. The van der Waals surface area contributed by atoms with E-state index < -0.39 is 18.6 Å². The average Bonchev–Trinajstić information content (AvgIpc) is 3.27. The predicted molar refractivity (Wildman–Crippen MR) is 96.7 cm³/mol. The first-order valence-electron chi connectivity index (χ1n) is 8.63. The van der Waals surface area contributed by atoms with Crippen LogP contribution in [0.1, 0.15) is 31.2 Å². The van der Waals surface area contributed by atoms with Gasteiger partial charge >= 0.3 is 0 Å². The quantitative estimate of drug-likeness (QED) is 0.603. The lowest BCUT2D eigenvalue weighted by Crippen LogP contribution is -2.50. The number of rotatable bonds is 6. The molecule has 0 saturated heterocycles. The van der Waals surface area contributed by atoms with Crippen LogP contribution >= 0.6 is 0 Å². The third kappa shape index (κ3) is 4.28. The van der Waals surface area contributed by atoms with E-state index in [1.54, 1.807) is 6.08 Å². The average molecular weight is 341 g/mol. The number of carbonyl (C=O) groups is 2. The van der Waals surface area contributed by atoms with Crippen LogP contribution in [-0.4, -0.2) is 40.6 Å². The molecule has 0 unspecified atom stereocenters. The molecule has 6 nitrogen and oxygen atoms in total. The molecule has 1 aliphatic carbocycles. The molecule has 0 bridgehead atoms. The second kappa shape index (κ2) is 7.98. The highest BCUT2D eigenvalue weighted by Crippen LogP contribution is 2.19. The summed E-state index contributed by atoms with van der Waals surface area (Å²) in [5.41, 5.74) is 1.88. The summed E-state index contributed by atoms with van der Waals surface area (Å²) in [6.07, 6.45) is 9.02. The fourth-order valence-corrected chi connectivity index (χ4v) is 3.18. The van der Waals surface area contributed by atoms with E-state index in [9.17, 15) is 14.7 Å². The molecule has 2 amide bonds. The number of nitrogens with one attached hydrogen (secondary N) is 3. The summed E-state index contributed by atoms with van der Waals surface area (Å²) in [6.45, 7) is -0.425. The van der Waals surface area contributed by atoms with Crippen LogP contribution in [0.5, 0.6) is 0 Å². The predicted octanol–water partition coefficient (Wildman–Crippen LogP) is 1.72. The van der Waals surface area contributed by atoms with Crippen LogP contribution in [0.4, 0.5) is 0 Å². The Labute approximate surface area is 146 Å². The van der Waals surface area contributed by atoms with Gasteiger partial charge in [0.25, 0.3) is 0 Å². The Morgan fingerprint density at radius 1 is 1.28 bits per heavy atom. The second-order valence-corrected chi connectivity index (χ2v) is 6.36. The van der Waals surface area contributed by atoms with E-state index in [-0.39, 0.29) is 11.9 Å². The van der Waals surface area contributed by atoms with Crippen LogP contribution < -0.4 is 10.6 Å². The summed E-state index contributed by atoms with van der Waals surface area (Å²) >= 11 is 0. The lowest BCUT2D eigenvalue weighted by molar-refractivity contribution is -0.128. The largest absolute Gasteiger partial charge is 0.394 e. The van der Waals surface area contributed by atoms with Gasteiger partial charge in [-0.05, 0) is 30.5 Å². The maximum absolute atomic E-state index is 12.2. The van der Waals surface area contributed by atoms with Crippen molar-refractivity contribution in [3.63, 3.8) is 0 Å². The van der Waals surface area contributed by atoms with Gasteiger partial charge in [-0.3, -0.25) is 9.59 Å². The van der Waals surface area contributed by atoms with Gasteiger partial charge in [-0.25, -0.2) is 0 Å². The van der Waals surface area contributed by atoms with Gasteiger partial charge in [0.15, 0.2) is 0 Å². The zero-order chi connectivity index (χ0) is 17.6. The molecule has 1 aromatic carbocycles. The molecule has 6 heteroatoms. The van der Waals surface area contributed by atoms with Crippen LogP contribution in [0.2, 0.25) is 0 Å². The summed E-state index contributed by atoms with van der Waals surface area (Å²) in [5.74, 6) is -0.742. The molecule has 3 rings (SSSR count). The van der Waals surface area contributed by atoms with Crippen molar-refractivity contribution in [3.8, 4) is 0 Å². The van der Waals surface area contributed by atoms with Gasteiger partial charge in [0.2, 0.25) is 11.8 Å². The SMILES string of the molecule is O=C(C=Cc1c[nH]c2ccccc12)N[C@@H](CO)C(=O)NC1CCCC1. The van der Waals surface area contributed by atoms with Gasteiger partial charge < -0.3 is 20.7 Å². The number of H-pyrrole nitrogens is 1. The lowest BCUT2D eigenvalue weighted by atomic mass is 10.1. The molecule has 1 heterocycles. The number of aromatic nitrogens is 1. The van der Waals surface area contributed by atoms with Crippen molar-refractivity contribution in [2.45, 2.75) is 37.8 Å². The minimum absolute atomic E-state index is 0.153. The van der Waals surface area contributed by atoms with Gasteiger partial charge in [0, 0.05) is 29.2 Å². The summed E-state index contributed by atoms with van der Waals surface area (Å²) < 4.78 is 0. The van der Waals surface area contributed by atoms with Gasteiger partial charge in [0.1, 0.15) is 6.04 Å². The number of aliphatic hydroxyl groups is 1. The normalized spacial score (nSPS) is 16.4. The third-order valence-electron chi connectivity index (χ3n) is 4.55. The summed E-state index contributed by atoms with van der Waals surface area (Å²) in [7, 11) is 0. The minimum atomic E-state index is -0.930. The molecule has 1 saturated carbocycles. The Morgan fingerprint density at radius 2 is 2.04 bits per heavy atom. The number of aromatic amines is 1. The molecular weight excluding hydrogens is 318 g/mol. The van der Waals surface area contributed by atoms with Crippen molar-refractivity contribution in [1.82, 2.24) is 15.6 Å². The fraction of sp³-hybridized carbons (Fsp3) is 0.368. The van der Waals surface area contributed by atoms with Crippen molar-refractivity contribution < 1.29 is 14.7 Å². The molecule has 1 atom stereocenters. The number of amides is 2. The highest BCUT2D eigenvalue weighted by Gasteiger charge is 2.23. The number of carbonyl (C=O) groups excluding carboxylic acids is 2. The first kappa shape index (κ1) is 17.2. The highest BCUT2D eigenvalue weighted by atomic mass is 16.3. The Hall–Kier alpha value is -2.60. The number of hydrogen-bond donors (Lipinski definition) is 4. The van der Waals surface area contributed by atoms with Crippen molar-refractivity contribution in [2.24, 2.45) is 0 Å². The molecule has 1 aromatic heterocycles. The van der Waals surface area contributed by atoms with E-state index in [1.165, 1.54) is 6.08 Å². The van der Waals surface area contributed by atoms with Crippen molar-refractivity contribution >= 4 is 28.8 Å². The molecule has 0 radical (unpaired) electrons. The van der Waals surface area contributed by atoms with E-state index in [2.05, 4.69) is 15.6 Å². The van der Waals surface area contributed by atoms with E-state index in [4.69, 9.17) is 0 Å². The monoisotopic (exact) mass is 341 g/mol. The smallest absolute Gasteiger partial charge is 0.245 e. The molecule has 1 aliphatic rings. The van der Waals surface area contributed by atoms with Gasteiger partial charge in [-0.2, -0.15) is 0 Å². The Kier molecular flexibility index (Phi) is 5.50. The maximum atomic E-state index is 12.2. The zero-order valence-electron chi connectivity index (χ0n) is 14.0. The number of hydrogen-bond acceptors (Lipinski definition) is 3. The Morgan fingerprint density at radius 3 is 2.80 bits per heavy atom. The van der Waals surface area contributed by atoms with E-state index >= 15 is 0 Å². The molecule has 2 aromatic rings. The first-order valence-corrected chi connectivity index (χ1v) is 8.63. The fourth-order valence-electron chi connectivity index (χ4n) is 3.18. The summed E-state index contributed by atoms with van der Waals surface area (Å²) in [6, 6.07) is 7.02. The van der Waals surface area contributed by atoms with Crippen molar-refractivity contribution in [3.05, 3.63) is 42.1 Å². The van der Waals surface area contributed by atoms with Gasteiger partial charge in [-0.15, -0.1) is 0 Å². The number of aliphatic hydroxyl groups excluding tert-OH is 1. The molecule has 132 valence electrons. The number of benzene rings is 1. The third-order valence-corrected chi connectivity index (χ3v) is 4.55. The van der Waals surface area contributed by atoms with E-state index in [0.717, 1.165) is 42.1 Å². The van der Waals surface area contributed by atoms with Crippen molar-refractivity contribution in [1.29, 1.82) is 0 Å². The summed E-state index contributed by atoms with van der Waals surface area (Å²) in [5, 5.41) is 15.9.